The molecule has 1 aliphatic rings. The van der Waals surface area contributed by atoms with Gasteiger partial charge in [0.1, 0.15) is 11.9 Å². The number of nitrogens with zero attached hydrogens (tertiary/aromatic N) is 6. The quantitative estimate of drug-likeness (QED) is 0.485. The lowest BCUT2D eigenvalue weighted by molar-refractivity contribution is 0.190. The van der Waals surface area contributed by atoms with Crippen molar-refractivity contribution in [3.63, 3.8) is 0 Å². The lowest BCUT2D eigenvalue weighted by Crippen LogP contribution is -2.49. The Morgan fingerprint density at radius 3 is 2.49 bits per heavy atom. The second-order valence-corrected chi connectivity index (χ2v) is 10.1. The molecule has 1 N–H and O–H groups in total. The highest BCUT2D eigenvalue weighted by Crippen LogP contribution is 2.31. The summed E-state index contributed by atoms with van der Waals surface area (Å²) < 4.78 is 16.2. The molecule has 0 saturated carbocycles. The van der Waals surface area contributed by atoms with Crippen molar-refractivity contribution in [2.24, 2.45) is 0 Å². The van der Waals surface area contributed by atoms with Gasteiger partial charge in [0.25, 0.3) is 5.56 Å². The number of aryl methyl sites for hydroxylation is 1. The normalized spacial score (nSPS) is 16.1. The second kappa shape index (κ2) is 8.88. The maximum Gasteiger partial charge on any atom is 0.253 e. The summed E-state index contributed by atoms with van der Waals surface area (Å²) in [7, 11) is 0. The van der Waals surface area contributed by atoms with Gasteiger partial charge in [0.05, 0.1) is 11.2 Å². The zero-order valence-corrected chi connectivity index (χ0v) is 20.5. The number of halogens is 1. The van der Waals surface area contributed by atoms with Gasteiger partial charge in [-0.2, -0.15) is 0 Å². The summed E-state index contributed by atoms with van der Waals surface area (Å²) in [5.41, 5.74) is 2.58. The third-order valence-corrected chi connectivity index (χ3v) is 6.57. The molecule has 1 atom stereocenters. The lowest BCUT2D eigenvalue weighted by atomic mass is 10.0. The van der Waals surface area contributed by atoms with Crippen molar-refractivity contribution in [1.29, 1.82) is 0 Å². The third kappa shape index (κ3) is 4.43. The van der Waals surface area contributed by atoms with Gasteiger partial charge in [-0.25, -0.2) is 9.07 Å². The van der Waals surface area contributed by atoms with Crippen LogP contribution in [0.1, 0.15) is 43.8 Å². The molecule has 4 aromatic rings. The molecule has 5 rings (SSSR count). The Balaban J connectivity index is 1.57. The van der Waals surface area contributed by atoms with E-state index in [0.717, 1.165) is 16.5 Å². The highest BCUT2D eigenvalue weighted by atomic mass is 19.1. The van der Waals surface area contributed by atoms with Crippen LogP contribution in [0.4, 0.5) is 10.1 Å². The van der Waals surface area contributed by atoms with Gasteiger partial charge >= 0.3 is 0 Å². The molecular formula is C26H30FN7O. The van der Waals surface area contributed by atoms with Crippen LogP contribution in [-0.2, 0) is 5.54 Å². The van der Waals surface area contributed by atoms with Gasteiger partial charge in [-0.05, 0) is 73.8 Å². The Morgan fingerprint density at radius 1 is 1.03 bits per heavy atom. The topological polar surface area (TPSA) is 82.9 Å². The molecule has 1 aliphatic heterocycles. The first-order valence-electron chi connectivity index (χ1n) is 11.9. The molecule has 1 saturated heterocycles. The van der Waals surface area contributed by atoms with Crippen molar-refractivity contribution in [1.82, 2.24) is 30.1 Å². The Bertz CT molecular complexity index is 1410. The Morgan fingerprint density at radius 2 is 1.77 bits per heavy atom. The van der Waals surface area contributed by atoms with E-state index in [9.17, 15) is 9.18 Å². The van der Waals surface area contributed by atoms with E-state index in [1.165, 1.54) is 6.07 Å². The van der Waals surface area contributed by atoms with Gasteiger partial charge in [0.15, 0.2) is 5.82 Å². The van der Waals surface area contributed by atoms with Crippen LogP contribution in [0.25, 0.3) is 10.9 Å². The number of nitrogens with one attached hydrogen (secondary N) is 1. The number of benzene rings is 2. The fourth-order valence-corrected chi connectivity index (χ4v) is 4.82. The van der Waals surface area contributed by atoms with Gasteiger partial charge in [0, 0.05) is 37.3 Å². The van der Waals surface area contributed by atoms with Crippen LogP contribution in [0.5, 0.6) is 0 Å². The first-order valence-corrected chi connectivity index (χ1v) is 11.9. The van der Waals surface area contributed by atoms with E-state index in [1.54, 1.807) is 16.8 Å². The number of anilines is 1. The summed E-state index contributed by atoms with van der Waals surface area (Å²) in [6.45, 7) is 10.6. The number of tetrazole rings is 1. The van der Waals surface area contributed by atoms with E-state index >= 15 is 0 Å². The molecule has 1 unspecified atom stereocenters. The zero-order chi connectivity index (χ0) is 24.7. The molecule has 0 aliphatic carbocycles. The van der Waals surface area contributed by atoms with Gasteiger partial charge in [-0.3, -0.25) is 9.69 Å². The van der Waals surface area contributed by atoms with Crippen molar-refractivity contribution in [3.8, 4) is 0 Å². The smallest absolute Gasteiger partial charge is 0.253 e. The fourth-order valence-electron chi connectivity index (χ4n) is 4.82. The van der Waals surface area contributed by atoms with E-state index in [-0.39, 0.29) is 16.9 Å². The highest BCUT2D eigenvalue weighted by molar-refractivity contribution is 5.79. The minimum atomic E-state index is -0.444. The number of piperazine rings is 1. The first-order chi connectivity index (χ1) is 16.7. The van der Waals surface area contributed by atoms with E-state index in [0.29, 0.717) is 43.3 Å². The number of aromatic nitrogens is 5. The Labute approximate surface area is 203 Å². The van der Waals surface area contributed by atoms with Crippen molar-refractivity contribution in [2.45, 2.75) is 39.3 Å². The van der Waals surface area contributed by atoms with Crippen LogP contribution < -0.4 is 10.5 Å². The van der Waals surface area contributed by atoms with Crippen LogP contribution in [-0.4, -0.2) is 56.3 Å². The van der Waals surface area contributed by atoms with Gasteiger partial charge < -0.3 is 9.88 Å². The predicted molar refractivity (Wildman–Crippen MR) is 134 cm³/mol. The summed E-state index contributed by atoms with van der Waals surface area (Å²) in [5.74, 6) is 0.393. The molecule has 0 bridgehead atoms. The molecule has 3 heterocycles. The predicted octanol–water partition coefficient (Wildman–Crippen LogP) is 3.63. The third-order valence-electron chi connectivity index (χ3n) is 6.57. The molecule has 1 fully saturated rings. The minimum absolute atomic E-state index is 0.161. The first kappa shape index (κ1) is 23.2. The van der Waals surface area contributed by atoms with Crippen LogP contribution in [0.2, 0.25) is 0 Å². The molecule has 9 heteroatoms. The van der Waals surface area contributed by atoms with Crippen LogP contribution in [0, 0.1) is 12.7 Å². The average Bonchev–Trinajstić information content (AvgIpc) is 3.31. The van der Waals surface area contributed by atoms with Crippen molar-refractivity contribution < 1.29 is 4.39 Å². The van der Waals surface area contributed by atoms with E-state index in [2.05, 4.69) is 31.5 Å². The molecule has 2 aromatic carbocycles. The van der Waals surface area contributed by atoms with E-state index in [1.807, 2.05) is 56.9 Å². The van der Waals surface area contributed by atoms with Crippen LogP contribution in [0.3, 0.4) is 0 Å². The molecule has 8 nitrogen and oxygen atoms in total. The zero-order valence-electron chi connectivity index (χ0n) is 20.5. The second-order valence-electron chi connectivity index (χ2n) is 10.1. The highest BCUT2D eigenvalue weighted by Gasteiger charge is 2.35. The standard InChI is InChI=1S/C26H30FN7O/c1-17-9-10-21-18(15-17)16-19(25(35)28-21)23(24-29-30-31-34(24)26(2,3)4)33-13-11-32(12-14-33)22-8-6-5-7-20(22)27/h5-10,15-16,23H,11-14H2,1-4H3,(H,28,35). The number of hydrogen-bond acceptors (Lipinski definition) is 6. The minimum Gasteiger partial charge on any atom is -0.367 e. The van der Waals surface area contributed by atoms with Crippen LogP contribution in [0.15, 0.2) is 53.3 Å². The van der Waals surface area contributed by atoms with Crippen molar-refractivity contribution in [2.75, 3.05) is 31.1 Å². The van der Waals surface area contributed by atoms with Crippen molar-refractivity contribution >= 4 is 16.6 Å². The van der Waals surface area contributed by atoms with E-state index < -0.39 is 6.04 Å². The number of rotatable bonds is 4. The molecule has 0 amide bonds. The van der Waals surface area contributed by atoms with E-state index in [4.69, 9.17) is 0 Å². The SMILES string of the molecule is Cc1ccc2[nH]c(=O)c(C(c3nnnn3C(C)(C)C)N3CCN(c4ccccc4F)CC3)cc2c1. The average molecular weight is 476 g/mol. The lowest BCUT2D eigenvalue weighted by Gasteiger charge is -2.40. The summed E-state index contributed by atoms with van der Waals surface area (Å²) in [4.78, 5) is 20.7. The number of para-hydroxylation sites is 1. The van der Waals surface area contributed by atoms with Gasteiger partial charge in [-0.1, -0.05) is 23.8 Å². The maximum atomic E-state index is 14.4. The van der Waals surface area contributed by atoms with Crippen LogP contribution >= 0.6 is 0 Å². The monoisotopic (exact) mass is 475 g/mol. The molecule has 2 aromatic heterocycles. The largest absolute Gasteiger partial charge is 0.367 e. The maximum absolute atomic E-state index is 14.4. The number of hydrogen-bond donors (Lipinski definition) is 1. The number of pyridine rings is 1. The number of H-pyrrole nitrogens is 1. The molecule has 0 spiro atoms. The van der Waals surface area contributed by atoms with Gasteiger partial charge in [-0.15, -0.1) is 5.10 Å². The Hall–Kier alpha value is -3.59. The summed E-state index contributed by atoms with van der Waals surface area (Å²) in [5, 5.41) is 13.6. The molecular weight excluding hydrogens is 445 g/mol. The molecule has 0 radical (unpaired) electrons. The summed E-state index contributed by atoms with van der Waals surface area (Å²) in [6.07, 6.45) is 0. The molecule has 35 heavy (non-hydrogen) atoms. The fraction of sp³-hybridized carbons (Fsp3) is 0.385. The number of aromatic amines is 1. The summed E-state index contributed by atoms with van der Waals surface area (Å²) in [6, 6.07) is 14.3. The number of fused-ring (bicyclic) bond motifs is 1. The molecule has 182 valence electrons. The summed E-state index contributed by atoms with van der Waals surface area (Å²) >= 11 is 0. The van der Waals surface area contributed by atoms with Crippen molar-refractivity contribution in [3.05, 3.63) is 81.7 Å². The van der Waals surface area contributed by atoms with Gasteiger partial charge in [0.2, 0.25) is 0 Å². The Kier molecular flexibility index (Phi) is 5.88.